The van der Waals surface area contributed by atoms with Gasteiger partial charge in [0.25, 0.3) is 0 Å². The SMILES string of the molecule is COc1cc(NCC(=O)NCC(C)C)c(OC)cc1Cl. The van der Waals surface area contributed by atoms with Gasteiger partial charge in [0.05, 0.1) is 31.5 Å². The summed E-state index contributed by atoms with van der Waals surface area (Å²) in [5.41, 5.74) is 0.661. The first kappa shape index (κ1) is 16.4. The summed E-state index contributed by atoms with van der Waals surface area (Å²) in [6.45, 7) is 4.90. The predicted octanol–water partition coefficient (Wildman–Crippen LogP) is 2.54. The predicted molar refractivity (Wildman–Crippen MR) is 80.9 cm³/mol. The van der Waals surface area contributed by atoms with Crippen LogP contribution in [0.25, 0.3) is 0 Å². The van der Waals surface area contributed by atoms with E-state index in [1.54, 1.807) is 19.2 Å². The topological polar surface area (TPSA) is 59.6 Å². The zero-order chi connectivity index (χ0) is 15.1. The van der Waals surface area contributed by atoms with Crippen molar-refractivity contribution < 1.29 is 14.3 Å². The zero-order valence-corrected chi connectivity index (χ0v) is 13.0. The van der Waals surface area contributed by atoms with Crippen molar-refractivity contribution in [2.24, 2.45) is 5.92 Å². The van der Waals surface area contributed by atoms with E-state index < -0.39 is 0 Å². The summed E-state index contributed by atoms with van der Waals surface area (Å²) >= 11 is 6.02. The molecule has 20 heavy (non-hydrogen) atoms. The van der Waals surface area contributed by atoms with Gasteiger partial charge in [-0.3, -0.25) is 4.79 Å². The van der Waals surface area contributed by atoms with Crippen LogP contribution in [0.2, 0.25) is 5.02 Å². The summed E-state index contributed by atoms with van der Waals surface area (Å²) in [5.74, 6) is 1.43. The van der Waals surface area contributed by atoms with Crippen LogP contribution in [-0.2, 0) is 4.79 Å². The summed E-state index contributed by atoms with van der Waals surface area (Å²) in [4.78, 5) is 11.7. The van der Waals surface area contributed by atoms with Crippen molar-refractivity contribution in [2.45, 2.75) is 13.8 Å². The van der Waals surface area contributed by atoms with Crippen molar-refractivity contribution >= 4 is 23.2 Å². The molecule has 0 unspecified atom stereocenters. The number of hydrogen-bond donors (Lipinski definition) is 2. The Labute approximate surface area is 124 Å². The summed E-state index contributed by atoms with van der Waals surface area (Å²) in [6.07, 6.45) is 0. The van der Waals surface area contributed by atoms with Crippen LogP contribution < -0.4 is 20.1 Å². The molecule has 6 heteroatoms. The number of methoxy groups -OCH3 is 2. The number of hydrogen-bond acceptors (Lipinski definition) is 4. The monoisotopic (exact) mass is 300 g/mol. The molecule has 0 aliphatic heterocycles. The molecular weight excluding hydrogens is 280 g/mol. The van der Waals surface area contributed by atoms with Gasteiger partial charge in [0, 0.05) is 18.7 Å². The van der Waals surface area contributed by atoms with Gasteiger partial charge in [-0.2, -0.15) is 0 Å². The Morgan fingerprint density at radius 2 is 1.90 bits per heavy atom. The quantitative estimate of drug-likeness (QED) is 0.812. The molecule has 112 valence electrons. The van der Waals surface area contributed by atoms with Gasteiger partial charge in [0.1, 0.15) is 11.5 Å². The molecule has 1 aromatic carbocycles. The molecule has 0 aliphatic rings. The van der Waals surface area contributed by atoms with E-state index in [0.717, 1.165) is 0 Å². The lowest BCUT2D eigenvalue weighted by atomic mass is 10.2. The molecule has 2 N–H and O–H groups in total. The van der Waals surface area contributed by atoms with Crippen LogP contribution in [0.1, 0.15) is 13.8 Å². The second kappa shape index (κ2) is 7.85. The number of benzene rings is 1. The number of amides is 1. The maximum atomic E-state index is 11.7. The van der Waals surface area contributed by atoms with Crippen molar-refractivity contribution in [3.05, 3.63) is 17.2 Å². The lowest BCUT2D eigenvalue weighted by molar-refractivity contribution is -0.119. The molecule has 0 atom stereocenters. The number of carbonyl (C=O) groups excluding carboxylic acids is 1. The lowest BCUT2D eigenvalue weighted by Crippen LogP contribution is -2.32. The molecule has 0 radical (unpaired) electrons. The van der Waals surface area contributed by atoms with Crippen molar-refractivity contribution in [3.8, 4) is 11.5 Å². The molecule has 1 aromatic rings. The summed E-state index contributed by atoms with van der Waals surface area (Å²) in [6, 6.07) is 3.35. The molecule has 0 fully saturated rings. The number of rotatable bonds is 7. The molecule has 5 nitrogen and oxygen atoms in total. The summed E-state index contributed by atoms with van der Waals surface area (Å²) in [7, 11) is 3.08. The maximum absolute atomic E-state index is 11.7. The van der Waals surface area contributed by atoms with E-state index in [0.29, 0.717) is 34.7 Å². The second-order valence-electron chi connectivity index (χ2n) is 4.74. The van der Waals surface area contributed by atoms with Crippen LogP contribution in [-0.4, -0.2) is 33.2 Å². The van der Waals surface area contributed by atoms with Crippen LogP contribution >= 0.6 is 11.6 Å². The number of nitrogens with one attached hydrogen (secondary N) is 2. The van der Waals surface area contributed by atoms with Gasteiger partial charge in [-0.05, 0) is 5.92 Å². The Bertz CT molecular complexity index is 464. The van der Waals surface area contributed by atoms with E-state index in [4.69, 9.17) is 21.1 Å². The van der Waals surface area contributed by atoms with E-state index in [-0.39, 0.29) is 12.5 Å². The average Bonchev–Trinajstić information content (AvgIpc) is 2.43. The highest BCUT2D eigenvalue weighted by molar-refractivity contribution is 6.32. The molecule has 0 saturated carbocycles. The molecule has 0 aromatic heterocycles. The molecular formula is C14H21ClN2O3. The standard InChI is InChI=1S/C14H21ClN2O3/c1-9(2)7-17-14(18)8-16-11-6-12(19-3)10(15)5-13(11)20-4/h5-6,9,16H,7-8H2,1-4H3,(H,17,18). The minimum Gasteiger partial charge on any atom is -0.495 e. The fourth-order valence-electron chi connectivity index (χ4n) is 1.55. The Balaban J connectivity index is 2.69. The van der Waals surface area contributed by atoms with E-state index in [1.807, 2.05) is 13.8 Å². The van der Waals surface area contributed by atoms with Gasteiger partial charge in [0.2, 0.25) is 5.91 Å². The lowest BCUT2D eigenvalue weighted by Gasteiger charge is -2.14. The van der Waals surface area contributed by atoms with Crippen LogP contribution in [0, 0.1) is 5.92 Å². The third-order valence-electron chi connectivity index (χ3n) is 2.62. The summed E-state index contributed by atoms with van der Waals surface area (Å²) in [5, 5.41) is 6.30. The van der Waals surface area contributed by atoms with Crippen LogP contribution in [0.5, 0.6) is 11.5 Å². The molecule has 0 spiro atoms. The van der Waals surface area contributed by atoms with E-state index in [2.05, 4.69) is 10.6 Å². The number of carbonyl (C=O) groups is 1. The Hall–Kier alpha value is -1.62. The van der Waals surface area contributed by atoms with Crippen molar-refractivity contribution in [1.29, 1.82) is 0 Å². The van der Waals surface area contributed by atoms with E-state index in [9.17, 15) is 4.79 Å². The van der Waals surface area contributed by atoms with Crippen molar-refractivity contribution in [3.63, 3.8) is 0 Å². The zero-order valence-electron chi connectivity index (χ0n) is 12.2. The first-order valence-corrected chi connectivity index (χ1v) is 6.77. The normalized spacial score (nSPS) is 10.3. The van der Waals surface area contributed by atoms with Gasteiger partial charge in [-0.25, -0.2) is 0 Å². The fraction of sp³-hybridized carbons (Fsp3) is 0.500. The fourth-order valence-corrected chi connectivity index (χ4v) is 1.79. The second-order valence-corrected chi connectivity index (χ2v) is 5.15. The van der Waals surface area contributed by atoms with Gasteiger partial charge in [-0.1, -0.05) is 25.4 Å². The van der Waals surface area contributed by atoms with Crippen LogP contribution in [0.15, 0.2) is 12.1 Å². The summed E-state index contributed by atoms with van der Waals surface area (Å²) < 4.78 is 10.4. The van der Waals surface area contributed by atoms with Gasteiger partial charge in [-0.15, -0.1) is 0 Å². The van der Waals surface area contributed by atoms with Gasteiger partial charge in [0.15, 0.2) is 0 Å². The molecule has 1 amide bonds. The third kappa shape index (κ3) is 4.81. The minimum atomic E-state index is -0.0744. The molecule has 0 aliphatic carbocycles. The number of ether oxygens (including phenoxy) is 2. The molecule has 0 bridgehead atoms. The largest absolute Gasteiger partial charge is 0.495 e. The Morgan fingerprint density at radius 3 is 2.45 bits per heavy atom. The maximum Gasteiger partial charge on any atom is 0.239 e. The smallest absolute Gasteiger partial charge is 0.239 e. The highest BCUT2D eigenvalue weighted by Crippen LogP contribution is 2.35. The molecule has 1 rings (SSSR count). The molecule has 0 heterocycles. The first-order valence-electron chi connectivity index (χ1n) is 6.40. The van der Waals surface area contributed by atoms with Crippen molar-refractivity contribution in [2.75, 3.05) is 32.6 Å². The van der Waals surface area contributed by atoms with Crippen LogP contribution in [0.4, 0.5) is 5.69 Å². The minimum absolute atomic E-state index is 0.0744. The number of anilines is 1. The Morgan fingerprint density at radius 1 is 1.25 bits per heavy atom. The van der Waals surface area contributed by atoms with Gasteiger partial charge >= 0.3 is 0 Å². The van der Waals surface area contributed by atoms with Crippen molar-refractivity contribution in [1.82, 2.24) is 5.32 Å². The number of halogens is 1. The van der Waals surface area contributed by atoms with Gasteiger partial charge < -0.3 is 20.1 Å². The Kier molecular flexibility index (Phi) is 6.45. The third-order valence-corrected chi connectivity index (χ3v) is 2.92. The first-order chi connectivity index (χ1) is 9.47. The highest BCUT2D eigenvalue weighted by Gasteiger charge is 2.11. The van der Waals surface area contributed by atoms with E-state index >= 15 is 0 Å². The van der Waals surface area contributed by atoms with Crippen LogP contribution in [0.3, 0.4) is 0 Å². The molecule has 0 saturated heterocycles. The average molecular weight is 301 g/mol. The highest BCUT2D eigenvalue weighted by atomic mass is 35.5. The van der Waals surface area contributed by atoms with E-state index in [1.165, 1.54) is 7.11 Å².